The molecule has 28 heavy (non-hydrogen) atoms. The van der Waals surface area contributed by atoms with Crippen molar-refractivity contribution in [2.75, 3.05) is 45.8 Å². The SMILES string of the molecule is CC[N+]1(CC)CCCN(CC(=O)NCCc2ccc([N+](=O)[O-])cc2)C(=O)C1.[Cl-]. The van der Waals surface area contributed by atoms with Gasteiger partial charge < -0.3 is 27.1 Å². The molecule has 156 valence electrons. The summed E-state index contributed by atoms with van der Waals surface area (Å²) in [4.78, 5) is 36.6. The molecule has 9 heteroatoms. The highest BCUT2D eigenvalue weighted by atomic mass is 35.5. The molecule has 1 aromatic carbocycles. The second kappa shape index (κ2) is 11.0. The maximum Gasteiger partial charge on any atom is 0.278 e. The average molecular weight is 413 g/mol. The zero-order valence-electron chi connectivity index (χ0n) is 16.5. The minimum Gasteiger partial charge on any atom is -1.00 e. The van der Waals surface area contributed by atoms with Crippen LogP contribution in [0.3, 0.4) is 0 Å². The normalized spacial score (nSPS) is 16.1. The number of hydrogen-bond donors (Lipinski definition) is 1. The molecule has 1 N–H and O–H groups in total. The molecule has 0 unspecified atom stereocenters. The van der Waals surface area contributed by atoms with Crippen LogP contribution in [0.1, 0.15) is 25.8 Å². The van der Waals surface area contributed by atoms with Crippen molar-refractivity contribution in [2.45, 2.75) is 26.7 Å². The van der Waals surface area contributed by atoms with Gasteiger partial charge >= 0.3 is 0 Å². The molecule has 0 atom stereocenters. The monoisotopic (exact) mass is 412 g/mol. The summed E-state index contributed by atoms with van der Waals surface area (Å²) in [7, 11) is 0. The van der Waals surface area contributed by atoms with E-state index in [1.807, 2.05) is 0 Å². The van der Waals surface area contributed by atoms with Gasteiger partial charge in [-0.25, -0.2) is 0 Å². The Kier molecular flexibility index (Phi) is 9.34. The number of halogens is 1. The third-order valence-electron chi connectivity index (χ3n) is 5.44. The predicted octanol–water partition coefficient (Wildman–Crippen LogP) is -1.65. The molecule has 2 amide bonds. The number of benzene rings is 1. The van der Waals surface area contributed by atoms with Crippen molar-refractivity contribution in [3.8, 4) is 0 Å². The number of quaternary nitrogens is 1. The number of likely N-dealkylation sites (N-methyl/N-ethyl adjacent to an activating group) is 1. The lowest BCUT2D eigenvalue weighted by atomic mass is 10.1. The number of amides is 2. The van der Waals surface area contributed by atoms with Crippen molar-refractivity contribution in [1.82, 2.24) is 10.2 Å². The van der Waals surface area contributed by atoms with E-state index in [9.17, 15) is 19.7 Å². The highest BCUT2D eigenvalue weighted by Gasteiger charge is 2.33. The molecule has 1 aliphatic heterocycles. The summed E-state index contributed by atoms with van der Waals surface area (Å²) in [5.74, 6) is -0.125. The summed E-state index contributed by atoms with van der Waals surface area (Å²) in [6.07, 6.45) is 1.49. The highest BCUT2D eigenvalue weighted by molar-refractivity contribution is 5.85. The van der Waals surface area contributed by atoms with Gasteiger partial charge in [-0.3, -0.25) is 19.7 Å². The topological polar surface area (TPSA) is 92.6 Å². The Labute approximate surface area is 172 Å². The minimum absolute atomic E-state index is 0. The van der Waals surface area contributed by atoms with Crippen LogP contribution in [0.4, 0.5) is 5.69 Å². The van der Waals surface area contributed by atoms with Crippen LogP contribution in [-0.4, -0.2) is 71.9 Å². The molecule has 1 aliphatic rings. The molecule has 1 fully saturated rings. The van der Waals surface area contributed by atoms with Crippen LogP contribution in [0.2, 0.25) is 0 Å². The molecule has 0 radical (unpaired) electrons. The smallest absolute Gasteiger partial charge is 0.278 e. The van der Waals surface area contributed by atoms with Gasteiger partial charge in [0.1, 0.15) is 0 Å². The fourth-order valence-electron chi connectivity index (χ4n) is 3.48. The first-order valence-corrected chi connectivity index (χ1v) is 9.52. The van der Waals surface area contributed by atoms with Crippen LogP contribution < -0.4 is 17.7 Å². The Morgan fingerprint density at radius 2 is 1.89 bits per heavy atom. The molecular formula is C19H29ClN4O4. The molecule has 1 heterocycles. The standard InChI is InChI=1S/C19H28N4O4.ClH/c1-3-23(4-2)13-5-12-21(19(25)15-23)14-18(24)20-11-10-16-6-8-17(9-7-16)22(26)27;/h6-9H,3-5,10-15H2,1-2H3;1H. The number of nitro groups is 1. The average Bonchev–Trinajstić information content (AvgIpc) is 2.81. The van der Waals surface area contributed by atoms with Crippen LogP contribution in [0, 0.1) is 10.1 Å². The number of nitrogens with zero attached hydrogens (tertiary/aromatic N) is 3. The summed E-state index contributed by atoms with van der Waals surface area (Å²) in [6, 6.07) is 6.29. The van der Waals surface area contributed by atoms with E-state index in [2.05, 4.69) is 19.2 Å². The largest absolute Gasteiger partial charge is 1.00 e. The number of rotatable bonds is 8. The van der Waals surface area contributed by atoms with Gasteiger partial charge in [-0.1, -0.05) is 12.1 Å². The van der Waals surface area contributed by atoms with Crippen LogP contribution in [0.25, 0.3) is 0 Å². The molecule has 1 aromatic rings. The second-order valence-corrected chi connectivity index (χ2v) is 7.05. The summed E-state index contributed by atoms with van der Waals surface area (Å²) < 4.78 is 0.789. The Hall–Kier alpha value is -2.19. The summed E-state index contributed by atoms with van der Waals surface area (Å²) in [5.41, 5.74) is 0.968. The van der Waals surface area contributed by atoms with Crippen molar-refractivity contribution in [3.63, 3.8) is 0 Å². The van der Waals surface area contributed by atoms with Crippen molar-refractivity contribution in [3.05, 3.63) is 39.9 Å². The van der Waals surface area contributed by atoms with Gasteiger partial charge in [0.2, 0.25) is 5.91 Å². The van der Waals surface area contributed by atoms with Gasteiger partial charge in [0.15, 0.2) is 6.54 Å². The first-order chi connectivity index (χ1) is 12.9. The fraction of sp³-hybridized carbons (Fsp3) is 0.579. The highest BCUT2D eigenvalue weighted by Crippen LogP contribution is 2.14. The van der Waals surface area contributed by atoms with E-state index in [0.29, 0.717) is 26.1 Å². The Morgan fingerprint density at radius 3 is 2.46 bits per heavy atom. The second-order valence-electron chi connectivity index (χ2n) is 7.05. The predicted molar refractivity (Wildman–Crippen MR) is 102 cm³/mol. The lowest BCUT2D eigenvalue weighted by Gasteiger charge is -2.34. The van der Waals surface area contributed by atoms with E-state index in [-0.39, 0.29) is 36.5 Å². The molecule has 2 rings (SSSR count). The molecule has 0 spiro atoms. The minimum atomic E-state index is -0.436. The third kappa shape index (κ3) is 6.45. The molecule has 0 aliphatic carbocycles. The molecule has 0 saturated carbocycles. The summed E-state index contributed by atoms with van der Waals surface area (Å²) >= 11 is 0. The number of nitrogens with one attached hydrogen (secondary N) is 1. The summed E-state index contributed by atoms with van der Waals surface area (Å²) in [5, 5.41) is 13.5. The van der Waals surface area contributed by atoms with Gasteiger partial charge in [0.05, 0.1) is 31.1 Å². The maximum absolute atomic E-state index is 12.5. The molecule has 1 saturated heterocycles. The third-order valence-corrected chi connectivity index (χ3v) is 5.44. The lowest BCUT2D eigenvalue weighted by Crippen LogP contribution is -3.00. The quantitative estimate of drug-likeness (QED) is 0.314. The number of carbonyl (C=O) groups is 2. The maximum atomic E-state index is 12.5. The van der Waals surface area contributed by atoms with Crippen molar-refractivity contribution < 1.29 is 31.4 Å². The van der Waals surface area contributed by atoms with E-state index >= 15 is 0 Å². The van der Waals surface area contributed by atoms with Crippen LogP contribution in [0.5, 0.6) is 0 Å². The van der Waals surface area contributed by atoms with E-state index in [1.165, 1.54) is 12.1 Å². The van der Waals surface area contributed by atoms with Gasteiger partial charge in [-0.05, 0) is 25.8 Å². The molecule has 8 nitrogen and oxygen atoms in total. The van der Waals surface area contributed by atoms with E-state index in [4.69, 9.17) is 0 Å². The summed E-state index contributed by atoms with van der Waals surface area (Å²) in [6.45, 7) is 8.65. The van der Waals surface area contributed by atoms with Crippen molar-refractivity contribution >= 4 is 17.5 Å². The zero-order valence-corrected chi connectivity index (χ0v) is 17.3. The van der Waals surface area contributed by atoms with Gasteiger partial charge in [0, 0.05) is 31.6 Å². The fourth-order valence-corrected chi connectivity index (χ4v) is 3.48. The van der Waals surface area contributed by atoms with Crippen molar-refractivity contribution in [1.29, 1.82) is 0 Å². The van der Waals surface area contributed by atoms with Crippen LogP contribution in [0.15, 0.2) is 24.3 Å². The number of non-ortho nitro benzene ring substituents is 1. The Bertz CT molecular complexity index is 677. The number of nitro benzene ring substituents is 1. The first kappa shape index (κ1) is 23.8. The zero-order chi connectivity index (χ0) is 19.9. The van der Waals surface area contributed by atoms with Crippen molar-refractivity contribution in [2.24, 2.45) is 0 Å². The number of carbonyl (C=O) groups excluding carboxylic acids is 2. The van der Waals surface area contributed by atoms with E-state index < -0.39 is 4.92 Å². The Balaban J connectivity index is 0.00000392. The van der Waals surface area contributed by atoms with E-state index in [0.717, 1.165) is 36.1 Å². The van der Waals surface area contributed by atoms with Crippen LogP contribution in [-0.2, 0) is 16.0 Å². The Morgan fingerprint density at radius 1 is 1.25 bits per heavy atom. The van der Waals surface area contributed by atoms with Crippen LogP contribution >= 0.6 is 0 Å². The van der Waals surface area contributed by atoms with Gasteiger partial charge in [-0.2, -0.15) is 0 Å². The molecular weight excluding hydrogens is 384 g/mol. The molecule has 0 bridgehead atoms. The lowest BCUT2D eigenvalue weighted by molar-refractivity contribution is -0.916. The first-order valence-electron chi connectivity index (χ1n) is 9.52. The van der Waals surface area contributed by atoms with Gasteiger partial charge in [0.25, 0.3) is 11.6 Å². The van der Waals surface area contributed by atoms with Gasteiger partial charge in [-0.15, -0.1) is 0 Å². The molecule has 0 aromatic heterocycles. The van der Waals surface area contributed by atoms with E-state index in [1.54, 1.807) is 17.0 Å². The number of hydrogen-bond acceptors (Lipinski definition) is 4.